The van der Waals surface area contributed by atoms with E-state index in [0.29, 0.717) is 5.54 Å². The molecule has 2 aliphatic heterocycles. The van der Waals surface area contributed by atoms with Crippen molar-refractivity contribution in [1.29, 1.82) is 0 Å². The molecule has 2 saturated heterocycles. The first-order valence-corrected chi connectivity index (χ1v) is 9.94. The highest BCUT2D eigenvalue weighted by molar-refractivity contribution is 5.79. The van der Waals surface area contributed by atoms with Gasteiger partial charge in [-0.05, 0) is 71.2 Å². The summed E-state index contributed by atoms with van der Waals surface area (Å²) in [5.41, 5.74) is 0.308. The number of piperidine rings is 2. The topological polar surface area (TPSA) is 42.9 Å². The highest BCUT2D eigenvalue weighted by Gasteiger charge is 2.39. The molecule has 5 heteroatoms. The Bertz CT molecular complexity index is 379. The maximum atomic E-state index is 4.43. The molecule has 0 aromatic rings. The van der Waals surface area contributed by atoms with Gasteiger partial charge in [-0.15, -0.1) is 0 Å². The molecule has 0 aromatic carbocycles. The van der Waals surface area contributed by atoms with Crippen molar-refractivity contribution >= 4 is 5.96 Å². The summed E-state index contributed by atoms with van der Waals surface area (Å²) in [5, 5.41) is 7.12. The standard InChI is InChI=1S/C19H39N5/c1-17(2)8-11-21-18(20-3)22-16-19(9-14-23(4)15-10-19)24-12-6-5-7-13-24/h17H,5-16H2,1-4H3,(H2,20,21,22). The molecule has 0 aliphatic carbocycles. The summed E-state index contributed by atoms with van der Waals surface area (Å²) in [5.74, 6) is 1.69. The zero-order valence-corrected chi connectivity index (χ0v) is 16.4. The van der Waals surface area contributed by atoms with Crippen LogP contribution in [0.4, 0.5) is 0 Å². The number of rotatable bonds is 6. The molecular formula is C19H39N5. The second kappa shape index (κ2) is 9.62. The van der Waals surface area contributed by atoms with Crippen LogP contribution in [0.5, 0.6) is 0 Å². The summed E-state index contributed by atoms with van der Waals surface area (Å²) in [6.45, 7) is 11.5. The molecule has 0 spiro atoms. The maximum absolute atomic E-state index is 4.43. The summed E-state index contributed by atoms with van der Waals surface area (Å²) >= 11 is 0. The van der Waals surface area contributed by atoms with Crippen LogP contribution in [0.1, 0.15) is 52.4 Å². The Morgan fingerprint density at radius 2 is 1.71 bits per heavy atom. The Balaban J connectivity index is 1.92. The summed E-state index contributed by atoms with van der Waals surface area (Å²) in [6, 6.07) is 0. The maximum Gasteiger partial charge on any atom is 0.191 e. The van der Waals surface area contributed by atoms with E-state index in [1.165, 1.54) is 64.7 Å². The van der Waals surface area contributed by atoms with Gasteiger partial charge in [0, 0.05) is 25.7 Å². The molecule has 140 valence electrons. The van der Waals surface area contributed by atoms with Gasteiger partial charge < -0.3 is 15.5 Å². The van der Waals surface area contributed by atoms with Gasteiger partial charge in [0.25, 0.3) is 0 Å². The lowest BCUT2D eigenvalue weighted by atomic mass is 9.84. The van der Waals surface area contributed by atoms with E-state index in [1.807, 2.05) is 7.05 Å². The van der Waals surface area contributed by atoms with E-state index in [1.54, 1.807) is 0 Å². The molecule has 2 aliphatic rings. The van der Waals surface area contributed by atoms with Crippen molar-refractivity contribution < 1.29 is 0 Å². The van der Waals surface area contributed by atoms with E-state index in [2.05, 4.69) is 46.3 Å². The first kappa shape index (κ1) is 19.5. The molecule has 2 rings (SSSR count). The SMILES string of the molecule is CN=C(NCCC(C)C)NCC1(N2CCCCC2)CCN(C)CC1. The fourth-order valence-corrected chi connectivity index (χ4v) is 3.96. The average molecular weight is 338 g/mol. The number of nitrogens with one attached hydrogen (secondary N) is 2. The largest absolute Gasteiger partial charge is 0.356 e. The molecule has 0 saturated carbocycles. The van der Waals surface area contributed by atoms with Crippen LogP contribution in [-0.4, -0.2) is 74.7 Å². The minimum atomic E-state index is 0.308. The summed E-state index contributed by atoms with van der Waals surface area (Å²) in [7, 11) is 4.13. The van der Waals surface area contributed by atoms with Crippen molar-refractivity contribution in [1.82, 2.24) is 20.4 Å². The summed E-state index contributed by atoms with van der Waals surface area (Å²) in [4.78, 5) is 9.67. The van der Waals surface area contributed by atoms with Crippen LogP contribution in [0.25, 0.3) is 0 Å². The van der Waals surface area contributed by atoms with Crippen molar-refractivity contribution in [3.63, 3.8) is 0 Å². The first-order valence-electron chi connectivity index (χ1n) is 9.94. The number of hydrogen-bond acceptors (Lipinski definition) is 3. The third-order valence-electron chi connectivity index (χ3n) is 5.77. The molecule has 2 N–H and O–H groups in total. The van der Waals surface area contributed by atoms with Gasteiger partial charge in [0.2, 0.25) is 0 Å². The van der Waals surface area contributed by atoms with Gasteiger partial charge in [-0.1, -0.05) is 20.3 Å². The van der Waals surface area contributed by atoms with Crippen molar-refractivity contribution in [2.75, 3.05) is 53.4 Å². The fraction of sp³-hybridized carbons (Fsp3) is 0.947. The molecule has 0 atom stereocenters. The van der Waals surface area contributed by atoms with Crippen molar-refractivity contribution in [2.24, 2.45) is 10.9 Å². The second-order valence-corrected chi connectivity index (χ2v) is 8.11. The zero-order chi connectivity index (χ0) is 17.4. The Kier molecular flexibility index (Phi) is 7.82. The number of aliphatic imine (C=N–C) groups is 1. The van der Waals surface area contributed by atoms with Crippen LogP contribution in [0.2, 0.25) is 0 Å². The molecule has 0 aromatic heterocycles. The van der Waals surface area contributed by atoms with Crippen LogP contribution in [-0.2, 0) is 0 Å². The van der Waals surface area contributed by atoms with Crippen LogP contribution >= 0.6 is 0 Å². The lowest BCUT2D eigenvalue weighted by Gasteiger charge is -2.50. The highest BCUT2D eigenvalue weighted by Crippen LogP contribution is 2.30. The van der Waals surface area contributed by atoms with Gasteiger partial charge >= 0.3 is 0 Å². The van der Waals surface area contributed by atoms with E-state index in [4.69, 9.17) is 0 Å². The van der Waals surface area contributed by atoms with Gasteiger partial charge in [0.05, 0.1) is 0 Å². The fourth-order valence-electron chi connectivity index (χ4n) is 3.96. The Labute approximate surface area is 149 Å². The van der Waals surface area contributed by atoms with Gasteiger partial charge in [0.15, 0.2) is 5.96 Å². The third kappa shape index (κ3) is 5.62. The molecule has 0 radical (unpaired) electrons. The summed E-state index contributed by atoms with van der Waals surface area (Å²) in [6.07, 6.45) is 7.83. The molecule has 0 unspecified atom stereocenters. The van der Waals surface area contributed by atoms with Crippen molar-refractivity contribution in [2.45, 2.75) is 57.9 Å². The van der Waals surface area contributed by atoms with E-state index in [0.717, 1.165) is 25.0 Å². The number of guanidine groups is 1. The number of likely N-dealkylation sites (tertiary alicyclic amines) is 2. The minimum Gasteiger partial charge on any atom is -0.356 e. The molecule has 0 amide bonds. The van der Waals surface area contributed by atoms with Crippen LogP contribution < -0.4 is 10.6 Å². The van der Waals surface area contributed by atoms with E-state index in [-0.39, 0.29) is 0 Å². The molecule has 0 bridgehead atoms. The van der Waals surface area contributed by atoms with Crippen LogP contribution in [0, 0.1) is 5.92 Å². The van der Waals surface area contributed by atoms with Gasteiger partial charge in [0.1, 0.15) is 0 Å². The molecule has 5 nitrogen and oxygen atoms in total. The van der Waals surface area contributed by atoms with Crippen molar-refractivity contribution in [3.8, 4) is 0 Å². The Morgan fingerprint density at radius 3 is 2.29 bits per heavy atom. The predicted molar refractivity (Wildman–Crippen MR) is 104 cm³/mol. The predicted octanol–water partition coefficient (Wildman–Crippen LogP) is 2.15. The van der Waals surface area contributed by atoms with Crippen LogP contribution in [0.15, 0.2) is 4.99 Å². The first-order chi connectivity index (χ1) is 11.6. The van der Waals surface area contributed by atoms with Gasteiger partial charge in [-0.25, -0.2) is 0 Å². The van der Waals surface area contributed by atoms with Crippen LogP contribution in [0.3, 0.4) is 0 Å². The van der Waals surface area contributed by atoms with Gasteiger partial charge in [-0.2, -0.15) is 0 Å². The van der Waals surface area contributed by atoms with E-state index < -0.39 is 0 Å². The lowest BCUT2D eigenvalue weighted by Crippen LogP contribution is -2.62. The Hall–Kier alpha value is -0.810. The monoisotopic (exact) mass is 337 g/mol. The molecule has 2 heterocycles. The Morgan fingerprint density at radius 1 is 1.04 bits per heavy atom. The van der Waals surface area contributed by atoms with E-state index in [9.17, 15) is 0 Å². The van der Waals surface area contributed by atoms with Crippen molar-refractivity contribution in [3.05, 3.63) is 0 Å². The average Bonchev–Trinajstić information content (AvgIpc) is 2.60. The second-order valence-electron chi connectivity index (χ2n) is 8.11. The highest BCUT2D eigenvalue weighted by atomic mass is 15.3. The minimum absolute atomic E-state index is 0.308. The lowest BCUT2D eigenvalue weighted by molar-refractivity contribution is 0.0173. The van der Waals surface area contributed by atoms with E-state index >= 15 is 0 Å². The third-order valence-corrected chi connectivity index (χ3v) is 5.77. The number of hydrogen-bond donors (Lipinski definition) is 2. The molecular weight excluding hydrogens is 298 g/mol. The molecule has 2 fully saturated rings. The normalized spacial score (nSPS) is 23.5. The quantitative estimate of drug-likeness (QED) is 0.576. The molecule has 24 heavy (non-hydrogen) atoms. The zero-order valence-electron chi connectivity index (χ0n) is 16.4. The summed E-state index contributed by atoms with van der Waals surface area (Å²) < 4.78 is 0. The smallest absolute Gasteiger partial charge is 0.191 e. The van der Waals surface area contributed by atoms with Gasteiger partial charge in [-0.3, -0.25) is 9.89 Å². The number of nitrogens with zero attached hydrogens (tertiary/aromatic N) is 3.